The first-order chi connectivity index (χ1) is 15.8. The average molecular weight is 469 g/mol. The Morgan fingerprint density at radius 2 is 1.58 bits per heavy atom. The number of rotatable bonds is 7. The number of nitrogens with zero attached hydrogens (tertiary/aromatic N) is 2. The lowest BCUT2D eigenvalue weighted by molar-refractivity contribution is -0.115. The van der Waals surface area contributed by atoms with Gasteiger partial charge in [0.1, 0.15) is 0 Å². The molecule has 0 spiro atoms. The summed E-state index contributed by atoms with van der Waals surface area (Å²) in [5.74, 6) is 0.194. The second-order valence-corrected chi connectivity index (χ2v) is 11.4. The van der Waals surface area contributed by atoms with Crippen LogP contribution in [0.15, 0.2) is 53.4 Å². The lowest BCUT2D eigenvalue weighted by Crippen LogP contribution is -2.38. The second-order valence-electron chi connectivity index (χ2n) is 9.33. The van der Waals surface area contributed by atoms with Crippen molar-refractivity contribution in [1.82, 2.24) is 4.90 Å². The van der Waals surface area contributed by atoms with Crippen LogP contribution < -0.4 is 4.90 Å². The van der Waals surface area contributed by atoms with Crippen LogP contribution >= 0.6 is 0 Å². The van der Waals surface area contributed by atoms with Crippen LogP contribution in [0.2, 0.25) is 0 Å². The van der Waals surface area contributed by atoms with Crippen LogP contribution in [-0.4, -0.2) is 44.0 Å². The maximum atomic E-state index is 13.1. The Morgan fingerprint density at radius 1 is 0.909 bits per heavy atom. The zero-order valence-electron chi connectivity index (χ0n) is 19.4. The minimum Gasteiger partial charge on any atom is -0.339 e. The van der Waals surface area contributed by atoms with Gasteiger partial charge in [0, 0.05) is 37.0 Å². The predicted octanol–water partition coefficient (Wildman–Crippen LogP) is 4.96. The molecule has 6 nitrogen and oxygen atoms in total. The highest BCUT2D eigenvalue weighted by Gasteiger charge is 2.29. The van der Waals surface area contributed by atoms with Crippen molar-refractivity contribution >= 4 is 33.0 Å². The molecule has 2 aliphatic carbocycles. The summed E-state index contributed by atoms with van der Waals surface area (Å²) in [6.45, 7) is 1.46. The van der Waals surface area contributed by atoms with Crippen molar-refractivity contribution < 1.29 is 18.0 Å². The molecule has 7 heteroatoms. The average Bonchev–Trinajstić information content (AvgIpc) is 3.62. The molecule has 33 heavy (non-hydrogen) atoms. The van der Waals surface area contributed by atoms with Gasteiger partial charge in [-0.15, -0.1) is 0 Å². The molecule has 2 saturated carbocycles. The van der Waals surface area contributed by atoms with E-state index in [1.54, 1.807) is 48.5 Å². The minimum absolute atomic E-state index is 0.0474. The summed E-state index contributed by atoms with van der Waals surface area (Å²) in [7, 11) is -1.46. The molecule has 2 aliphatic rings. The summed E-state index contributed by atoms with van der Waals surface area (Å²) >= 11 is 0. The van der Waals surface area contributed by atoms with Gasteiger partial charge in [-0.3, -0.25) is 14.5 Å². The molecule has 176 valence electrons. The summed E-state index contributed by atoms with van der Waals surface area (Å²) in [5.41, 5.74) is 1.69. The number of amides is 2. The van der Waals surface area contributed by atoms with Crippen LogP contribution in [0.1, 0.15) is 62.2 Å². The lowest BCUT2D eigenvalue weighted by atomic mass is 9.94. The van der Waals surface area contributed by atoms with Gasteiger partial charge < -0.3 is 4.90 Å². The molecule has 4 rings (SSSR count). The van der Waals surface area contributed by atoms with Gasteiger partial charge in [0.2, 0.25) is 5.91 Å². The summed E-state index contributed by atoms with van der Waals surface area (Å²) < 4.78 is 25.1. The fraction of sp³-hybridized carbons (Fsp3) is 0.462. The molecule has 0 radical (unpaired) electrons. The topological polar surface area (TPSA) is 74.8 Å². The van der Waals surface area contributed by atoms with Gasteiger partial charge >= 0.3 is 0 Å². The molecule has 0 bridgehead atoms. The van der Waals surface area contributed by atoms with Crippen LogP contribution in [-0.2, 0) is 14.6 Å². The molecule has 0 aliphatic heterocycles. The van der Waals surface area contributed by atoms with Crippen molar-refractivity contribution in [3.63, 3.8) is 0 Å². The van der Waals surface area contributed by atoms with Crippen LogP contribution in [0, 0.1) is 5.92 Å². The van der Waals surface area contributed by atoms with E-state index < -0.39 is 9.84 Å². The van der Waals surface area contributed by atoms with Crippen molar-refractivity contribution in [2.45, 2.75) is 62.8 Å². The highest BCUT2D eigenvalue weighted by atomic mass is 32.2. The maximum absolute atomic E-state index is 13.1. The fourth-order valence-electron chi connectivity index (χ4n) is 4.62. The van der Waals surface area contributed by atoms with Crippen LogP contribution in [0.5, 0.6) is 0 Å². The van der Waals surface area contributed by atoms with Gasteiger partial charge in [0.05, 0.1) is 10.6 Å². The van der Waals surface area contributed by atoms with Gasteiger partial charge in [-0.05, 0) is 74.1 Å². The first kappa shape index (κ1) is 23.5. The Morgan fingerprint density at radius 3 is 2.18 bits per heavy atom. The quantitative estimate of drug-likeness (QED) is 0.576. The highest BCUT2D eigenvalue weighted by molar-refractivity contribution is 7.91. The molecule has 2 aromatic rings. The molecule has 0 aromatic heterocycles. The Labute approximate surface area is 196 Å². The third-order valence-corrected chi connectivity index (χ3v) is 8.62. The van der Waals surface area contributed by atoms with E-state index in [0.717, 1.165) is 38.5 Å². The molecule has 0 unspecified atom stereocenters. The van der Waals surface area contributed by atoms with E-state index in [-0.39, 0.29) is 34.4 Å². The van der Waals surface area contributed by atoms with Crippen LogP contribution in [0.3, 0.4) is 0 Å². The standard InChI is InChI=1S/C26H32N2O4S/c1-19(29)28(23-13-15-25(16-14-23)33(31,32)18-20-11-12-20)24-10-6-7-21(17-24)26(30)27(2)22-8-4-3-5-9-22/h6-7,10,13-17,20,22H,3-5,8-9,11-12,18H2,1-2H3. The molecule has 2 amide bonds. The van der Waals surface area contributed by atoms with Crippen LogP contribution in [0.25, 0.3) is 0 Å². The molecule has 0 atom stereocenters. The van der Waals surface area contributed by atoms with Crippen molar-refractivity contribution in [1.29, 1.82) is 0 Å². The second kappa shape index (κ2) is 9.67. The minimum atomic E-state index is -3.32. The van der Waals surface area contributed by atoms with Gasteiger partial charge in [-0.25, -0.2) is 8.42 Å². The Kier molecular flexibility index (Phi) is 6.88. The van der Waals surface area contributed by atoms with E-state index in [2.05, 4.69) is 0 Å². The van der Waals surface area contributed by atoms with Crippen LogP contribution in [0.4, 0.5) is 11.4 Å². The first-order valence-electron chi connectivity index (χ1n) is 11.8. The number of carbonyl (C=O) groups is 2. The first-order valence-corrected chi connectivity index (χ1v) is 13.4. The van der Waals surface area contributed by atoms with E-state index >= 15 is 0 Å². The summed E-state index contributed by atoms with van der Waals surface area (Å²) in [5, 5.41) is 0. The number of hydrogen-bond donors (Lipinski definition) is 0. The van der Waals surface area contributed by atoms with Gasteiger partial charge in [0.15, 0.2) is 9.84 Å². The van der Waals surface area contributed by atoms with E-state index in [0.29, 0.717) is 16.9 Å². The molecule has 2 aromatic carbocycles. The molecular formula is C26H32N2O4S. The zero-order valence-corrected chi connectivity index (χ0v) is 20.2. The number of sulfone groups is 1. The Bertz CT molecular complexity index is 1120. The van der Waals surface area contributed by atoms with E-state index in [4.69, 9.17) is 0 Å². The molecule has 0 saturated heterocycles. The highest BCUT2D eigenvalue weighted by Crippen LogP contribution is 2.33. The largest absolute Gasteiger partial charge is 0.339 e. The molecule has 0 N–H and O–H groups in total. The number of carbonyl (C=O) groups excluding carboxylic acids is 2. The van der Waals surface area contributed by atoms with Crippen molar-refractivity contribution in [3.05, 3.63) is 54.1 Å². The van der Waals surface area contributed by atoms with E-state index in [9.17, 15) is 18.0 Å². The Hall–Kier alpha value is -2.67. The summed E-state index contributed by atoms with van der Waals surface area (Å²) in [4.78, 5) is 29.3. The lowest BCUT2D eigenvalue weighted by Gasteiger charge is -2.31. The number of hydrogen-bond acceptors (Lipinski definition) is 4. The maximum Gasteiger partial charge on any atom is 0.253 e. The third kappa shape index (κ3) is 5.46. The van der Waals surface area contributed by atoms with Gasteiger partial charge in [-0.1, -0.05) is 25.3 Å². The molecule has 2 fully saturated rings. The van der Waals surface area contributed by atoms with E-state index in [1.807, 2.05) is 11.9 Å². The van der Waals surface area contributed by atoms with E-state index in [1.165, 1.54) is 18.2 Å². The fourth-order valence-corrected chi connectivity index (χ4v) is 6.32. The van der Waals surface area contributed by atoms with Crippen molar-refractivity contribution in [2.24, 2.45) is 5.92 Å². The predicted molar refractivity (Wildman–Crippen MR) is 129 cm³/mol. The smallest absolute Gasteiger partial charge is 0.253 e. The third-order valence-electron chi connectivity index (χ3n) is 6.72. The summed E-state index contributed by atoms with van der Waals surface area (Å²) in [6.07, 6.45) is 7.51. The van der Waals surface area contributed by atoms with Crippen molar-refractivity contribution in [2.75, 3.05) is 17.7 Å². The zero-order chi connectivity index (χ0) is 23.6. The summed E-state index contributed by atoms with van der Waals surface area (Å²) in [6, 6.07) is 13.8. The van der Waals surface area contributed by atoms with Crippen molar-refractivity contribution in [3.8, 4) is 0 Å². The monoisotopic (exact) mass is 468 g/mol. The van der Waals surface area contributed by atoms with Gasteiger partial charge in [-0.2, -0.15) is 0 Å². The molecular weight excluding hydrogens is 436 g/mol. The van der Waals surface area contributed by atoms with Gasteiger partial charge in [0.25, 0.3) is 5.91 Å². The Balaban J connectivity index is 1.57. The molecule has 0 heterocycles. The SMILES string of the molecule is CC(=O)N(c1ccc(S(=O)(=O)CC2CC2)cc1)c1cccc(C(=O)N(C)C2CCCCC2)c1. The number of benzene rings is 2. The number of anilines is 2. The normalized spacial score (nSPS) is 16.9.